The molecule has 1 aliphatic heterocycles. The van der Waals surface area contributed by atoms with Crippen LogP contribution in [0.15, 0.2) is 42.5 Å². The van der Waals surface area contributed by atoms with E-state index in [1.165, 1.54) is 0 Å². The van der Waals surface area contributed by atoms with Crippen LogP contribution in [-0.4, -0.2) is 49.4 Å². The highest BCUT2D eigenvalue weighted by atomic mass is 35.5. The molecule has 200 valence electrons. The fraction of sp³-hybridized carbons (Fsp3) is 0.400. The monoisotopic (exact) mass is 540 g/mol. The van der Waals surface area contributed by atoms with Crippen LogP contribution in [0, 0.1) is 12.3 Å². The number of nitrogens with zero attached hydrogens (tertiary/aromatic N) is 2. The van der Waals surface area contributed by atoms with Gasteiger partial charge in [0, 0.05) is 24.7 Å². The van der Waals surface area contributed by atoms with Crippen LogP contribution >= 0.6 is 11.6 Å². The van der Waals surface area contributed by atoms with E-state index < -0.39 is 17.2 Å². The van der Waals surface area contributed by atoms with Crippen molar-refractivity contribution in [3.05, 3.63) is 64.2 Å². The number of anilines is 1. The Morgan fingerprint density at radius 3 is 2.41 bits per heavy atom. The number of likely N-dealkylation sites (tertiary alicyclic amines) is 1. The van der Waals surface area contributed by atoms with Crippen LogP contribution in [0.1, 0.15) is 29.5 Å². The van der Waals surface area contributed by atoms with Gasteiger partial charge in [0.2, 0.25) is 18.2 Å². The van der Waals surface area contributed by atoms with E-state index in [1.807, 2.05) is 13.0 Å². The van der Waals surface area contributed by atoms with Crippen molar-refractivity contribution < 1.29 is 32.4 Å². The van der Waals surface area contributed by atoms with Gasteiger partial charge in [0.25, 0.3) is 0 Å². The lowest BCUT2D eigenvalue weighted by atomic mass is 9.78. The van der Waals surface area contributed by atoms with Crippen LogP contribution in [-0.2, 0) is 31.9 Å². The van der Waals surface area contributed by atoms with Gasteiger partial charge in [0.1, 0.15) is 0 Å². The SMILES string of the molecule is Cc1c(Cl)cccc1CNC(=O)C1(CON(C=O)c2ccc(C(F)(F)F)cc2)CCN(C(=O)CN)CC1. The Balaban J connectivity index is 1.76. The molecular weight excluding hydrogens is 513 g/mol. The van der Waals surface area contributed by atoms with Gasteiger partial charge < -0.3 is 16.0 Å². The van der Waals surface area contributed by atoms with Crippen molar-refractivity contribution >= 4 is 35.5 Å². The molecule has 2 aromatic rings. The van der Waals surface area contributed by atoms with Crippen molar-refractivity contribution in [2.75, 3.05) is 31.3 Å². The second kappa shape index (κ2) is 11.9. The second-order valence-electron chi connectivity index (χ2n) is 8.82. The number of rotatable bonds is 9. The molecule has 1 aliphatic rings. The number of hydrogen-bond acceptors (Lipinski definition) is 5. The van der Waals surface area contributed by atoms with Crippen molar-refractivity contribution in [1.82, 2.24) is 10.2 Å². The van der Waals surface area contributed by atoms with Gasteiger partial charge in [-0.15, -0.1) is 0 Å². The normalized spacial score (nSPS) is 15.2. The van der Waals surface area contributed by atoms with Gasteiger partial charge in [0.05, 0.1) is 29.8 Å². The summed E-state index contributed by atoms with van der Waals surface area (Å²) in [5.41, 5.74) is 5.22. The molecule has 1 fully saturated rings. The first-order chi connectivity index (χ1) is 17.5. The molecule has 0 bridgehead atoms. The number of carbonyl (C=O) groups excluding carboxylic acids is 3. The average Bonchev–Trinajstić information content (AvgIpc) is 2.89. The summed E-state index contributed by atoms with van der Waals surface area (Å²) in [4.78, 5) is 44.4. The molecule has 0 spiro atoms. The number of halogens is 4. The fourth-order valence-corrected chi connectivity index (χ4v) is 4.31. The number of hydroxylamine groups is 1. The number of nitrogens with one attached hydrogen (secondary N) is 1. The van der Waals surface area contributed by atoms with Crippen LogP contribution in [0.3, 0.4) is 0 Å². The number of piperidine rings is 1. The zero-order chi connectivity index (χ0) is 27.2. The summed E-state index contributed by atoms with van der Waals surface area (Å²) < 4.78 is 38.7. The van der Waals surface area contributed by atoms with Gasteiger partial charge in [-0.1, -0.05) is 23.7 Å². The minimum Gasteiger partial charge on any atom is -0.351 e. The third kappa shape index (κ3) is 6.79. The number of nitrogens with two attached hydrogens (primary N) is 1. The molecule has 0 aromatic heterocycles. The topological polar surface area (TPSA) is 105 Å². The van der Waals surface area contributed by atoms with E-state index >= 15 is 0 Å². The van der Waals surface area contributed by atoms with Crippen LogP contribution in [0.25, 0.3) is 0 Å². The maximum Gasteiger partial charge on any atom is 0.416 e. The third-order valence-corrected chi connectivity index (χ3v) is 6.98. The molecule has 0 unspecified atom stereocenters. The van der Waals surface area contributed by atoms with Gasteiger partial charge in [-0.25, -0.2) is 0 Å². The van der Waals surface area contributed by atoms with E-state index in [0.29, 0.717) is 11.4 Å². The summed E-state index contributed by atoms with van der Waals surface area (Å²) in [5, 5.41) is 4.26. The molecule has 0 saturated carbocycles. The van der Waals surface area contributed by atoms with Gasteiger partial charge in [-0.3, -0.25) is 19.2 Å². The molecule has 1 heterocycles. The van der Waals surface area contributed by atoms with Crippen molar-refractivity contribution in [3.8, 4) is 0 Å². The highest BCUT2D eigenvalue weighted by Crippen LogP contribution is 2.34. The predicted molar refractivity (Wildman–Crippen MR) is 131 cm³/mol. The first-order valence-corrected chi connectivity index (χ1v) is 11.9. The summed E-state index contributed by atoms with van der Waals surface area (Å²) in [7, 11) is 0. The van der Waals surface area contributed by atoms with E-state index in [0.717, 1.165) is 40.5 Å². The first-order valence-electron chi connectivity index (χ1n) is 11.6. The minimum atomic E-state index is -4.52. The Kier molecular flexibility index (Phi) is 9.16. The zero-order valence-electron chi connectivity index (χ0n) is 20.2. The second-order valence-corrected chi connectivity index (χ2v) is 9.23. The molecular formula is C25H28ClF3N4O4. The first kappa shape index (κ1) is 28.4. The summed E-state index contributed by atoms with van der Waals surface area (Å²) in [6, 6.07) is 9.24. The number of carbonyl (C=O) groups is 3. The quantitative estimate of drug-likeness (QED) is 0.374. The zero-order valence-corrected chi connectivity index (χ0v) is 20.9. The molecule has 0 aliphatic carbocycles. The predicted octanol–water partition coefficient (Wildman–Crippen LogP) is 3.45. The molecule has 2 aromatic carbocycles. The molecule has 1 saturated heterocycles. The number of benzene rings is 2. The van der Waals surface area contributed by atoms with E-state index in [-0.39, 0.29) is 63.1 Å². The number of alkyl halides is 3. The molecule has 8 nitrogen and oxygen atoms in total. The molecule has 3 N–H and O–H groups in total. The lowest BCUT2D eigenvalue weighted by Crippen LogP contribution is -2.53. The largest absolute Gasteiger partial charge is 0.416 e. The maximum atomic E-state index is 13.4. The Labute approximate surface area is 217 Å². The van der Waals surface area contributed by atoms with Gasteiger partial charge in [-0.05, 0) is 61.2 Å². The van der Waals surface area contributed by atoms with Crippen molar-refractivity contribution in [2.45, 2.75) is 32.5 Å². The van der Waals surface area contributed by atoms with E-state index in [4.69, 9.17) is 22.2 Å². The van der Waals surface area contributed by atoms with Crippen molar-refractivity contribution in [2.24, 2.45) is 11.1 Å². The molecule has 3 rings (SSSR count). The summed E-state index contributed by atoms with van der Waals surface area (Å²) in [6.07, 6.45) is -3.74. The summed E-state index contributed by atoms with van der Waals surface area (Å²) in [5.74, 6) is -0.589. The lowest BCUT2D eigenvalue weighted by molar-refractivity contribution is -0.145. The Bertz CT molecular complexity index is 1120. The molecule has 0 radical (unpaired) electrons. The van der Waals surface area contributed by atoms with Crippen LogP contribution < -0.4 is 16.1 Å². The highest BCUT2D eigenvalue weighted by Gasteiger charge is 2.43. The standard InChI is InChI=1S/C25H28ClF3N4O4/c1-17-18(3-2-4-21(17)26)14-31-23(36)24(9-11-32(12-10-24)22(35)13-30)15-37-33(16-34)20-7-5-19(6-8-20)25(27,28)29/h2-8,16H,9-15,30H2,1H3,(H,31,36). The Morgan fingerprint density at radius 2 is 1.84 bits per heavy atom. The van der Waals surface area contributed by atoms with Gasteiger partial charge >= 0.3 is 6.18 Å². The highest BCUT2D eigenvalue weighted by molar-refractivity contribution is 6.31. The minimum absolute atomic E-state index is 0.0730. The average molecular weight is 541 g/mol. The number of amides is 3. The number of hydrogen-bond donors (Lipinski definition) is 2. The van der Waals surface area contributed by atoms with E-state index in [9.17, 15) is 27.6 Å². The molecule has 0 atom stereocenters. The Morgan fingerprint density at radius 1 is 1.19 bits per heavy atom. The van der Waals surface area contributed by atoms with Gasteiger partial charge in [0.15, 0.2) is 0 Å². The lowest BCUT2D eigenvalue weighted by Gasteiger charge is -2.40. The van der Waals surface area contributed by atoms with Crippen LogP contribution in [0.4, 0.5) is 18.9 Å². The van der Waals surface area contributed by atoms with Gasteiger partial charge in [-0.2, -0.15) is 18.2 Å². The fourth-order valence-electron chi connectivity index (χ4n) is 4.11. The van der Waals surface area contributed by atoms with E-state index in [1.54, 1.807) is 17.0 Å². The van der Waals surface area contributed by atoms with Crippen LogP contribution in [0.2, 0.25) is 5.02 Å². The Hall–Kier alpha value is -3.15. The third-order valence-electron chi connectivity index (χ3n) is 6.57. The van der Waals surface area contributed by atoms with Crippen molar-refractivity contribution in [3.63, 3.8) is 0 Å². The maximum absolute atomic E-state index is 13.4. The molecule has 3 amide bonds. The summed E-state index contributed by atoms with van der Waals surface area (Å²) >= 11 is 6.18. The van der Waals surface area contributed by atoms with Crippen LogP contribution in [0.5, 0.6) is 0 Å². The molecule has 12 heteroatoms. The van der Waals surface area contributed by atoms with E-state index in [2.05, 4.69) is 5.32 Å². The van der Waals surface area contributed by atoms with Crippen molar-refractivity contribution in [1.29, 1.82) is 0 Å². The smallest absolute Gasteiger partial charge is 0.351 e. The summed E-state index contributed by atoms with van der Waals surface area (Å²) in [6.45, 7) is 2.16. The molecule has 37 heavy (non-hydrogen) atoms.